The molecule has 1 aliphatic rings. The largest absolute Gasteiger partial charge is 0.480 e. The number of nitrogens with zero attached hydrogens (tertiary/aromatic N) is 5. The van der Waals surface area contributed by atoms with E-state index in [4.69, 9.17) is 9.47 Å². The van der Waals surface area contributed by atoms with E-state index in [2.05, 4.69) is 15.0 Å². The molecule has 0 bridgehead atoms. The molecule has 9 nitrogen and oxygen atoms in total. The second-order valence-corrected chi connectivity index (χ2v) is 7.05. The van der Waals surface area contributed by atoms with Crippen molar-refractivity contribution >= 4 is 10.0 Å². The maximum absolute atomic E-state index is 12.5. The third-order valence-electron chi connectivity index (χ3n) is 3.48. The van der Waals surface area contributed by atoms with E-state index in [9.17, 15) is 8.42 Å². The molecule has 1 aliphatic heterocycles. The van der Waals surface area contributed by atoms with Crippen molar-refractivity contribution in [2.24, 2.45) is 7.05 Å². The Bertz CT molecular complexity index is 791. The van der Waals surface area contributed by atoms with Crippen LogP contribution in [0, 0.1) is 0 Å². The number of rotatable bonds is 5. The average Bonchev–Trinajstić information content (AvgIpc) is 3.17. The molecule has 2 aromatic heterocycles. The summed E-state index contributed by atoms with van der Waals surface area (Å²) in [7, 11) is -0.379. The lowest BCUT2D eigenvalue weighted by Crippen LogP contribution is -2.31. The van der Waals surface area contributed by atoms with Crippen LogP contribution in [0.3, 0.4) is 0 Å². The molecule has 1 atom stereocenters. The Morgan fingerprint density at radius 3 is 2.78 bits per heavy atom. The zero-order chi connectivity index (χ0) is 16.4. The molecule has 0 aliphatic carbocycles. The van der Waals surface area contributed by atoms with E-state index in [1.165, 1.54) is 36.3 Å². The van der Waals surface area contributed by atoms with Crippen LogP contribution in [0.4, 0.5) is 0 Å². The van der Waals surface area contributed by atoms with Crippen LogP contribution in [0.15, 0.2) is 29.9 Å². The fraction of sp³-hybridized carbons (Fsp3) is 0.462. The zero-order valence-electron chi connectivity index (χ0n) is 12.8. The van der Waals surface area contributed by atoms with Gasteiger partial charge in [0.15, 0.2) is 5.03 Å². The van der Waals surface area contributed by atoms with Crippen molar-refractivity contribution in [1.82, 2.24) is 23.8 Å². The normalized spacial score (nSPS) is 19.0. The third-order valence-corrected chi connectivity index (χ3v) is 5.23. The maximum atomic E-state index is 12.5. The number of aryl methyl sites for hydroxylation is 1. The van der Waals surface area contributed by atoms with E-state index < -0.39 is 10.0 Å². The lowest BCUT2D eigenvalue weighted by Gasteiger charge is -2.15. The first-order valence-electron chi connectivity index (χ1n) is 7.00. The molecule has 3 rings (SSSR count). The van der Waals surface area contributed by atoms with Crippen molar-refractivity contribution in [3.05, 3.63) is 24.9 Å². The number of sulfonamides is 1. The van der Waals surface area contributed by atoms with Crippen LogP contribution in [-0.4, -0.2) is 58.5 Å². The Balaban J connectivity index is 1.68. The van der Waals surface area contributed by atoms with Gasteiger partial charge in [-0.2, -0.15) is 9.29 Å². The molecule has 0 amide bonds. The topological polar surface area (TPSA) is 99.4 Å². The predicted octanol–water partition coefficient (Wildman–Crippen LogP) is 0.0607. The van der Waals surface area contributed by atoms with Crippen molar-refractivity contribution in [3.63, 3.8) is 0 Å². The van der Waals surface area contributed by atoms with Gasteiger partial charge in [0.1, 0.15) is 6.10 Å². The Labute approximate surface area is 133 Å². The van der Waals surface area contributed by atoms with Gasteiger partial charge in [-0.05, 0) is 6.42 Å². The Morgan fingerprint density at radius 2 is 2.09 bits per heavy atom. The quantitative estimate of drug-likeness (QED) is 0.759. The smallest absolute Gasteiger partial charge is 0.262 e. The molecule has 0 N–H and O–H groups in total. The van der Waals surface area contributed by atoms with Gasteiger partial charge >= 0.3 is 0 Å². The number of hydrogen-bond acceptors (Lipinski definition) is 7. The molecule has 10 heteroatoms. The van der Waals surface area contributed by atoms with Gasteiger partial charge in [0.25, 0.3) is 10.0 Å². The lowest BCUT2D eigenvalue weighted by molar-refractivity contribution is 0.203. The Kier molecular flexibility index (Phi) is 4.18. The standard InChI is InChI=1S/C13H17N5O4S/c1-17-8-13(15-9-17)23(19,20)18-4-3-10(7-18)22-12-6-14-5-11(16-12)21-2/h5-6,8-10H,3-4,7H2,1-2H3. The molecule has 0 spiro atoms. The first-order valence-corrected chi connectivity index (χ1v) is 8.44. The van der Waals surface area contributed by atoms with Crippen molar-refractivity contribution in [2.75, 3.05) is 20.2 Å². The minimum absolute atomic E-state index is 0.0434. The number of ether oxygens (including phenoxy) is 2. The number of aromatic nitrogens is 4. The summed E-state index contributed by atoms with van der Waals surface area (Å²) >= 11 is 0. The van der Waals surface area contributed by atoms with Gasteiger partial charge in [-0.15, -0.1) is 0 Å². The Hall–Kier alpha value is -2.20. The minimum atomic E-state index is -3.60. The van der Waals surface area contributed by atoms with E-state index in [1.54, 1.807) is 11.6 Å². The molecule has 124 valence electrons. The molecule has 2 aromatic rings. The fourth-order valence-electron chi connectivity index (χ4n) is 2.32. The van der Waals surface area contributed by atoms with Gasteiger partial charge in [-0.3, -0.25) is 4.98 Å². The van der Waals surface area contributed by atoms with Crippen LogP contribution < -0.4 is 9.47 Å². The van der Waals surface area contributed by atoms with Crippen LogP contribution >= 0.6 is 0 Å². The Morgan fingerprint density at radius 1 is 1.30 bits per heavy atom. The monoisotopic (exact) mass is 339 g/mol. The third kappa shape index (κ3) is 3.27. The van der Waals surface area contributed by atoms with Crippen LogP contribution in [0.5, 0.6) is 11.8 Å². The molecule has 1 fully saturated rings. The average molecular weight is 339 g/mol. The molecule has 3 heterocycles. The summed E-state index contributed by atoms with van der Waals surface area (Å²) in [5, 5.41) is 0.0434. The van der Waals surface area contributed by atoms with Crippen molar-refractivity contribution in [3.8, 4) is 11.8 Å². The highest BCUT2D eigenvalue weighted by atomic mass is 32.2. The predicted molar refractivity (Wildman–Crippen MR) is 79.6 cm³/mol. The molecule has 0 aromatic carbocycles. The van der Waals surface area contributed by atoms with Crippen molar-refractivity contribution in [2.45, 2.75) is 17.6 Å². The molecule has 23 heavy (non-hydrogen) atoms. The molecule has 1 saturated heterocycles. The van der Waals surface area contributed by atoms with Gasteiger partial charge in [-0.1, -0.05) is 0 Å². The van der Waals surface area contributed by atoms with E-state index in [0.29, 0.717) is 24.7 Å². The molecular formula is C13H17N5O4S. The molecule has 0 radical (unpaired) electrons. The van der Waals surface area contributed by atoms with Crippen LogP contribution in [0.25, 0.3) is 0 Å². The minimum Gasteiger partial charge on any atom is -0.480 e. The van der Waals surface area contributed by atoms with Gasteiger partial charge in [-0.25, -0.2) is 13.4 Å². The molecular weight excluding hydrogens is 322 g/mol. The summed E-state index contributed by atoms with van der Waals surface area (Å²) in [6.45, 7) is 0.624. The SMILES string of the molecule is COc1cncc(OC2CCN(S(=O)(=O)c3cn(C)cn3)C2)n1. The van der Waals surface area contributed by atoms with Gasteiger partial charge in [0.2, 0.25) is 11.8 Å². The van der Waals surface area contributed by atoms with E-state index in [0.717, 1.165) is 0 Å². The zero-order valence-corrected chi connectivity index (χ0v) is 13.6. The summed E-state index contributed by atoms with van der Waals surface area (Å²) in [6.07, 6.45) is 6.18. The first-order chi connectivity index (χ1) is 11.0. The number of methoxy groups -OCH3 is 1. The second-order valence-electron chi connectivity index (χ2n) is 5.17. The summed E-state index contributed by atoms with van der Waals surface area (Å²) in [5.74, 6) is 0.657. The number of hydrogen-bond donors (Lipinski definition) is 0. The summed E-state index contributed by atoms with van der Waals surface area (Å²) < 4.78 is 38.6. The van der Waals surface area contributed by atoms with E-state index in [1.807, 2.05) is 0 Å². The molecule has 1 unspecified atom stereocenters. The van der Waals surface area contributed by atoms with E-state index in [-0.39, 0.29) is 17.7 Å². The van der Waals surface area contributed by atoms with Crippen LogP contribution in [0.1, 0.15) is 6.42 Å². The summed E-state index contributed by atoms with van der Waals surface area (Å²) in [4.78, 5) is 12.0. The van der Waals surface area contributed by atoms with Gasteiger partial charge < -0.3 is 14.0 Å². The fourth-order valence-corrected chi connectivity index (χ4v) is 3.78. The number of imidazole rings is 1. The summed E-state index contributed by atoms with van der Waals surface area (Å²) in [6, 6.07) is 0. The maximum Gasteiger partial charge on any atom is 0.262 e. The van der Waals surface area contributed by atoms with Crippen LogP contribution in [-0.2, 0) is 17.1 Å². The van der Waals surface area contributed by atoms with Crippen molar-refractivity contribution in [1.29, 1.82) is 0 Å². The highest BCUT2D eigenvalue weighted by Crippen LogP contribution is 2.23. The highest BCUT2D eigenvalue weighted by molar-refractivity contribution is 7.89. The second kappa shape index (κ2) is 6.13. The highest BCUT2D eigenvalue weighted by Gasteiger charge is 2.35. The van der Waals surface area contributed by atoms with Gasteiger partial charge in [0, 0.05) is 19.8 Å². The first kappa shape index (κ1) is 15.7. The van der Waals surface area contributed by atoms with Gasteiger partial charge in [0.05, 0.1) is 32.4 Å². The van der Waals surface area contributed by atoms with E-state index >= 15 is 0 Å². The molecule has 0 saturated carbocycles. The van der Waals surface area contributed by atoms with Crippen molar-refractivity contribution < 1.29 is 17.9 Å². The summed E-state index contributed by atoms with van der Waals surface area (Å²) in [5.41, 5.74) is 0. The lowest BCUT2D eigenvalue weighted by atomic mass is 10.3. The van der Waals surface area contributed by atoms with Crippen LogP contribution in [0.2, 0.25) is 0 Å².